The van der Waals surface area contributed by atoms with Crippen LogP contribution in [0, 0.1) is 0 Å². The summed E-state index contributed by atoms with van der Waals surface area (Å²) in [7, 11) is -1.46. The van der Waals surface area contributed by atoms with E-state index in [0.717, 1.165) is 0 Å². The fraction of sp³-hybridized carbons (Fsp3) is 0.583. The van der Waals surface area contributed by atoms with Crippen LogP contribution in [-0.2, 0) is 13.8 Å². The molecule has 2 aromatic heterocycles. The smallest absolute Gasteiger partial charge is 0.790 e. The molecule has 14 heteroatoms. The summed E-state index contributed by atoms with van der Waals surface area (Å²) >= 11 is 0. The van der Waals surface area contributed by atoms with E-state index in [9.17, 15) is 19.5 Å². The number of phosphoric acid groups is 1. The minimum absolute atomic E-state index is 0. The second-order valence-corrected chi connectivity index (χ2v) is 6.74. The van der Waals surface area contributed by atoms with Gasteiger partial charge in [0.05, 0.1) is 26.9 Å². The zero-order chi connectivity index (χ0) is 17.5. The van der Waals surface area contributed by atoms with Crippen molar-refractivity contribution in [1.82, 2.24) is 19.5 Å². The molecular formula is C12H16N5Na2O6P. The van der Waals surface area contributed by atoms with Crippen molar-refractivity contribution in [1.29, 1.82) is 0 Å². The average Bonchev–Trinajstić information content (AvgIpc) is 3.07. The van der Waals surface area contributed by atoms with Crippen molar-refractivity contribution in [3.05, 3.63) is 12.7 Å². The van der Waals surface area contributed by atoms with Crippen LogP contribution in [0.2, 0.25) is 0 Å². The number of nitrogens with zero attached hydrogens (tertiary/aromatic N) is 5. The van der Waals surface area contributed by atoms with Crippen molar-refractivity contribution in [2.45, 2.75) is 24.9 Å². The molecule has 2 aromatic rings. The fourth-order valence-electron chi connectivity index (χ4n) is 2.58. The zero-order valence-corrected chi connectivity index (χ0v) is 19.9. The molecule has 0 saturated carbocycles. The van der Waals surface area contributed by atoms with E-state index >= 15 is 0 Å². The Balaban J connectivity index is 0.00000169. The van der Waals surface area contributed by atoms with Gasteiger partial charge in [-0.05, 0) is 0 Å². The summed E-state index contributed by atoms with van der Waals surface area (Å²) in [5.41, 5.74) is 1.09. The average molecular weight is 403 g/mol. The van der Waals surface area contributed by atoms with Crippen LogP contribution in [0.1, 0.15) is 12.6 Å². The van der Waals surface area contributed by atoms with Gasteiger partial charge in [-0.3, -0.25) is 4.57 Å². The summed E-state index contributed by atoms with van der Waals surface area (Å²) in [5.74, 6) is 0.635. The van der Waals surface area contributed by atoms with Gasteiger partial charge in [0.25, 0.3) is 0 Å². The molecule has 1 N–H and O–H groups in total. The Bertz CT molecular complexity index is 787. The van der Waals surface area contributed by atoms with E-state index in [2.05, 4.69) is 19.5 Å². The summed E-state index contributed by atoms with van der Waals surface area (Å²) in [4.78, 5) is 35.5. The minimum Gasteiger partial charge on any atom is -0.790 e. The third-order valence-electron chi connectivity index (χ3n) is 3.67. The van der Waals surface area contributed by atoms with Crippen molar-refractivity contribution in [3.63, 3.8) is 0 Å². The predicted molar refractivity (Wildman–Crippen MR) is 77.7 cm³/mol. The summed E-state index contributed by atoms with van der Waals surface area (Å²) in [6, 6.07) is 0. The Morgan fingerprint density at radius 3 is 2.69 bits per heavy atom. The Labute approximate surface area is 193 Å². The number of aliphatic hydroxyl groups excluding tert-OH is 1. The second-order valence-electron chi connectivity index (χ2n) is 5.59. The van der Waals surface area contributed by atoms with Crippen molar-refractivity contribution < 1.29 is 87.8 Å². The largest absolute Gasteiger partial charge is 1.00 e. The topological polar surface area (TPSA) is 149 Å². The molecule has 0 unspecified atom stereocenters. The van der Waals surface area contributed by atoms with Gasteiger partial charge in [0, 0.05) is 20.5 Å². The number of ether oxygens (including phenoxy) is 1. The number of anilines is 1. The molecule has 3 rings (SSSR count). The van der Waals surface area contributed by atoms with Gasteiger partial charge in [-0.25, -0.2) is 15.0 Å². The Morgan fingerprint density at radius 1 is 1.38 bits per heavy atom. The van der Waals surface area contributed by atoms with Gasteiger partial charge in [-0.1, -0.05) is 0 Å². The van der Waals surface area contributed by atoms with E-state index in [-0.39, 0.29) is 65.5 Å². The molecule has 1 saturated heterocycles. The van der Waals surface area contributed by atoms with Crippen LogP contribution in [0.5, 0.6) is 0 Å². The molecule has 1 aliphatic heterocycles. The van der Waals surface area contributed by atoms with Crippen LogP contribution >= 0.6 is 7.82 Å². The molecule has 26 heavy (non-hydrogen) atoms. The van der Waals surface area contributed by atoms with E-state index < -0.39 is 32.9 Å². The van der Waals surface area contributed by atoms with Gasteiger partial charge in [-0.2, -0.15) is 0 Å². The van der Waals surface area contributed by atoms with Crippen LogP contribution in [-0.4, -0.2) is 57.5 Å². The van der Waals surface area contributed by atoms with Gasteiger partial charge in [0.2, 0.25) is 0 Å². The molecule has 11 nitrogen and oxygen atoms in total. The Hall–Kier alpha value is 0.380. The third-order valence-corrected chi connectivity index (χ3v) is 4.14. The molecule has 132 valence electrons. The van der Waals surface area contributed by atoms with Gasteiger partial charge in [0.15, 0.2) is 17.0 Å². The van der Waals surface area contributed by atoms with Crippen molar-refractivity contribution in [2.24, 2.45) is 0 Å². The van der Waals surface area contributed by atoms with E-state index in [1.807, 2.05) is 14.1 Å². The van der Waals surface area contributed by atoms with E-state index in [1.165, 1.54) is 12.7 Å². The van der Waals surface area contributed by atoms with E-state index in [0.29, 0.717) is 17.0 Å². The second kappa shape index (κ2) is 9.73. The number of fused-ring (bicyclic) bond motifs is 1. The SMILES string of the molecule is CN(C)c1ncnc2c1ncn2[C@H]1C[C@H](O)[C@@H](COP(=O)([O-])[O-])O1.[Na+].[Na+]. The van der Waals surface area contributed by atoms with E-state index in [1.54, 1.807) is 9.47 Å². The molecule has 0 amide bonds. The molecule has 1 aliphatic rings. The van der Waals surface area contributed by atoms with Gasteiger partial charge in [-0.15, -0.1) is 0 Å². The first kappa shape index (κ1) is 24.4. The zero-order valence-electron chi connectivity index (χ0n) is 15.0. The quantitative estimate of drug-likeness (QED) is 0.377. The van der Waals surface area contributed by atoms with E-state index in [4.69, 9.17) is 4.74 Å². The van der Waals surface area contributed by atoms with Crippen LogP contribution in [0.4, 0.5) is 5.82 Å². The molecule has 3 atom stereocenters. The predicted octanol–water partition coefficient (Wildman–Crippen LogP) is -7.61. The summed E-state index contributed by atoms with van der Waals surface area (Å²) in [6.07, 6.45) is 0.573. The molecule has 0 radical (unpaired) electrons. The van der Waals surface area contributed by atoms with Crippen LogP contribution in [0.3, 0.4) is 0 Å². The standard InChI is InChI=1S/C12H18N5O6P.2Na/c1-16(2)11-10-12(14-5-13-11)17(6-15-10)9-3-7(18)8(23-9)4-22-24(19,20)21;;/h5-9,18H,3-4H2,1-2H3,(H2,19,20,21);;/q;2*+1/p-2/t7-,8+,9+;;/m0../s1. The first-order chi connectivity index (χ1) is 11.3. The molecule has 0 aromatic carbocycles. The number of phosphoric ester groups is 1. The summed E-state index contributed by atoms with van der Waals surface area (Å²) < 4.78 is 22.0. The number of aromatic nitrogens is 4. The molecule has 0 spiro atoms. The number of imidazole rings is 1. The van der Waals surface area contributed by atoms with Gasteiger partial charge < -0.3 is 33.6 Å². The van der Waals surface area contributed by atoms with Crippen molar-refractivity contribution in [3.8, 4) is 0 Å². The van der Waals surface area contributed by atoms with Crippen LogP contribution < -0.4 is 73.8 Å². The Kier molecular flexibility index (Phi) is 9.14. The van der Waals surface area contributed by atoms with Gasteiger partial charge >= 0.3 is 59.1 Å². The fourth-order valence-corrected chi connectivity index (χ4v) is 2.91. The molecule has 1 fully saturated rings. The Morgan fingerprint density at radius 2 is 2.08 bits per heavy atom. The molecule has 0 aliphatic carbocycles. The number of hydrogen-bond acceptors (Lipinski definition) is 10. The first-order valence-corrected chi connectivity index (χ1v) is 8.57. The molecule has 3 heterocycles. The maximum atomic E-state index is 10.6. The number of aliphatic hydroxyl groups is 1. The van der Waals surface area contributed by atoms with Crippen molar-refractivity contribution in [2.75, 3.05) is 25.6 Å². The monoisotopic (exact) mass is 403 g/mol. The number of rotatable bonds is 5. The van der Waals surface area contributed by atoms with Gasteiger partial charge in [0.1, 0.15) is 18.7 Å². The van der Waals surface area contributed by atoms with Crippen molar-refractivity contribution >= 4 is 24.8 Å². The first-order valence-electron chi connectivity index (χ1n) is 7.11. The maximum Gasteiger partial charge on any atom is 1.00 e. The molecule has 0 bridgehead atoms. The normalized spacial score (nSPS) is 22.7. The third kappa shape index (κ3) is 5.47. The summed E-state index contributed by atoms with van der Waals surface area (Å²) in [5, 5.41) is 10.00. The number of hydrogen-bond donors (Lipinski definition) is 1. The summed E-state index contributed by atoms with van der Waals surface area (Å²) in [6.45, 7) is -0.535. The van der Waals surface area contributed by atoms with Crippen LogP contribution in [0.15, 0.2) is 12.7 Å². The molecular weight excluding hydrogens is 387 g/mol. The minimum atomic E-state index is -5.12. The van der Waals surface area contributed by atoms with Crippen LogP contribution in [0.25, 0.3) is 11.2 Å². The maximum absolute atomic E-state index is 10.6.